The minimum absolute atomic E-state index is 0.0441. The maximum atomic E-state index is 12.8. The standard InChI is InChI=1S/C19H37O8PS/c1-12(2)23-11-19(10-20)18(8-15(6)26-19)27-28(21,22)29-9-17-16(24-13(3)4)7-14(5)25-17/h12-18,20H,7-11H2,1-6H3,(H,21,22). The molecule has 0 amide bonds. The van der Waals surface area contributed by atoms with E-state index in [2.05, 4.69) is 0 Å². The van der Waals surface area contributed by atoms with Gasteiger partial charge in [-0.05, 0) is 52.9 Å². The van der Waals surface area contributed by atoms with Crippen LogP contribution in [0.3, 0.4) is 0 Å². The van der Waals surface area contributed by atoms with Crippen molar-refractivity contribution in [2.45, 2.75) is 103 Å². The van der Waals surface area contributed by atoms with Crippen LogP contribution in [-0.2, 0) is 28.0 Å². The fourth-order valence-corrected chi connectivity index (χ4v) is 6.51. The van der Waals surface area contributed by atoms with Gasteiger partial charge in [-0.15, -0.1) is 0 Å². The molecule has 2 N–H and O–H groups in total. The molecule has 2 rings (SSSR count). The molecule has 0 saturated carbocycles. The minimum Gasteiger partial charge on any atom is -0.393 e. The molecule has 0 aromatic rings. The van der Waals surface area contributed by atoms with E-state index in [1.54, 1.807) is 0 Å². The van der Waals surface area contributed by atoms with Gasteiger partial charge in [0.1, 0.15) is 11.7 Å². The topological polar surface area (TPSA) is 104 Å². The normalized spacial score (nSPS) is 37.5. The molecule has 8 nitrogen and oxygen atoms in total. The molecule has 0 spiro atoms. The van der Waals surface area contributed by atoms with E-state index in [1.807, 2.05) is 41.5 Å². The lowest BCUT2D eigenvalue weighted by molar-refractivity contribution is -0.148. The summed E-state index contributed by atoms with van der Waals surface area (Å²) >= 11 is 0.838. The predicted octanol–water partition coefficient (Wildman–Crippen LogP) is 3.14. The number of ether oxygens (including phenoxy) is 4. The molecule has 2 aliphatic heterocycles. The molecule has 2 saturated heterocycles. The molecule has 7 atom stereocenters. The maximum Gasteiger partial charge on any atom is 0.387 e. The van der Waals surface area contributed by atoms with E-state index in [1.165, 1.54) is 0 Å². The van der Waals surface area contributed by atoms with Crippen LogP contribution in [0.25, 0.3) is 0 Å². The molecule has 2 aliphatic rings. The monoisotopic (exact) mass is 456 g/mol. The Morgan fingerprint density at radius 3 is 2.45 bits per heavy atom. The van der Waals surface area contributed by atoms with Crippen molar-refractivity contribution in [3.05, 3.63) is 0 Å². The van der Waals surface area contributed by atoms with Crippen LogP contribution >= 0.6 is 18.2 Å². The molecule has 0 radical (unpaired) electrons. The van der Waals surface area contributed by atoms with Crippen molar-refractivity contribution in [3.63, 3.8) is 0 Å². The van der Waals surface area contributed by atoms with E-state index in [0.29, 0.717) is 6.42 Å². The van der Waals surface area contributed by atoms with Gasteiger partial charge < -0.3 is 28.9 Å². The second-order valence-corrected chi connectivity index (χ2v) is 12.4. The minimum atomic E-state index is -4.01. The lowest BCUT2D eigenvalue weighted by Gasteiger charge is -2.33. The summed E-state index contributed by atoms with van der Waals surface area (Å²) in [6, 6.07) is 0. The van der Waals surface area contributed by atoms with Gasteiger partial charge in [-0.1, -0.05) is 0 Å². The van der Waals surface area contributed by atoms with Gasteiger partial charge in [0.25, 0.3) is 0 Å². The van der Waals surface area contributed by atoms with Gasteiger partial charge in [-0.2, -0.15) is 0 Å². The lowest BCUT2D eigenvalue weighted by Crippen LogP contribution is -2.48. The molecule has 7 unspecified atom stereocenters. The van der Waals surface area contributed by atoms with Gasteiger partial charge in [0.2, 0.25) is 0 Å². The molecule has 0 aliphatic carbocycles. The highest BCUT2D eigenvalue weighted by atomic mass is 32.7. The first-order valence-electron chi connectivity index (χ1n) is 10.3. The molecule has 2 heterocycles. The quantitative estimate of drug-likeness (QED) is 0.454. The number of aliphatic hydroxyl groups excluding tert-OH is 1. The van der Waals surface area contributed by atoms with Gasteiger partial charge in [-0.25, -0.2) is 4.57 Å². The summed E-state index contributed by atoms with van der Waals surface area (Å²) < 4.78 is 41.7. The van der Waals surface area contributed by atoms with Gasteiger partial charge in [0.15, 0.2) is 0 Å². The van der Waals surface area contributed by atoms with Crippen molar-refractivity contribution in [2.75, 3.05) is 19.0 Å². The molecule has 0 aromatic heterocycles. The zero-order chi connectivity index (χ0) is 21.8. The summed E-state index contributed by atoms with van der Waals surface area (Å²) in [7, 11) is 0. The Morgan fingerprint density at radius 1 is 1.17 bits per heavy atom. The summed E-state index contributed by atoms with van der Waals surface area (Å²) in [5, 5.41) is 9.97. The van der Waals surface area contributed by atoms with Crippen LogP contribution < -0.4 is 0 Å². The van der Waals surface area contributed by atoms with E-state index in [9.17, 15) is 14.6 Å². The van der Waals surface area contributed by atoms with E-state index in [-0.39, 0.29) is 55.6 Å². The Bertz CT molecular complexity index is 562. The fourth-order valence-electron chi connectivity index (χ4n) is 3.72. The molecule has 2 fully saturated rings. The number of hydrogen-bond acceptors (Lipinski definition) is 8. The van der Waals surface area contributed by atoms with E-state index >= 15 is 0 Å². The number of rotatable bonds is 11. The van der Waals surface area contributed by atoms with Crippen molar-refractivity contribution in [1.82, 2.24) is 0 Å². The first-order chi connectivity index (χ1) is 13.5. The summed E-state index contributed by atoms with van der Waals surface area (Å²) in [6.07, 6.45) is -0.128. The second kappa shape index (κ2) is 10.7. The highest BCUT2D eigenvalue weighted by molar-refractivity contribution is 8.54. The highest BCUT2D eigenvalue weighted by Crippen LogP contribution is 2.59. The Balaban J connectivity index is 1.98. The smallest absolute Gasteiger partial charge is 0.387 e. The first kappa shape index (κ1) is 25.6. The zero-order valence-electron chi connectivity index (χ0n) is 18.3. The molecule has 29 heavy (non-hydrogen) atoms. The molecule has 10 heteroatoms. The van der Waals surface area contributed by atoms with Crippen molar-refractivity contribution >= 4 is 18.2 Å². The molecule has 172 valence electrons. The Hall–Kier alpha value is 0.300. The Labute approximate surface area is 178 Å². The second-order valence-electron chi connectivity index (χ2n) is 8.55. The zero-order valence-corrected chi connectivity index (χ0v) is 20.0. The van der Waals surface area contributed by atoms with Crippen LogP contribution in [0, 0.1) is 0 Å². The SMILES string of the molecule is CC(C)OCC1(CO)OC(C)CC1OP(=O)(O)SCC1OC(C)CC1OC(C)C. The van der Waals surface area contributed by atoms with Crippen LogP contribution in [-0.4, -0.2) is 77.3 Å². The number of aliphatic hydroxyl groups is 1. The third kappa shape index (κ3) is 7.44. The third-order valence-corrected chi connectivity index (χ3v) is 8.00. The average Bonchev–Trinajstić information content (AvgIpc) is 3.09. The number of hydrogen-bond donors (Lipinski definition) is 2. The van der Waals surface area contributed by atoms with Crippen molar-refractivity contribution in [1.29, 1.82) is 0 Å². The largest absolute Gasteiger partial charge is 0.393 e. The average molecular weight is 457 g/mol. The van der Waals surface area contributed by atoms with E-state index < -0.39 is 18.5 Å². The van der Waals surface area contributed by atoms with Gasteiger partial charge in [0.05, 0.1) is 49.8 Å². The highest BCUT2D eigenvalue weighted by Gasteiger charge is 2.51. The molecule has 0 aromatic carbocycles. The molecule has 0 bridgehead atoms. The Kier molecular flexibility index (Phi) is 9.47. The van der Waals surface area contributed by atoms with Crippen LogP contribution in [0.4, 0.5) is 0 Å². The predicted molar refractivity (Wildman–Crippen MR) is 112 cm³/mol. The van der Waals surface area contributed by atoms with Crippen LogP contribution in [0.5, 0.6) is 0 Å². The van der Waals surface area contributed by atoms with Crippen LogP contribution in [0.15, 0.2) is 0 Å². The Morgan fingerprint density at radius 2 is 1.86 bits per heavy atom. The first-order valence-corrected chi connectivity index (χ1v) is 13.5. The lowest BCUT2D eigenvalue weighted by atomic mass is 9.98. The van der Waals surface area contributed by atoms with E-state index in [0.717, 1.165) is 17.8 Å². The maximum absolute atomic E-state index is 12.8. The van der Waals surface area contributed by atoms with Crippen molar-refractivity contribution < 1.29 is 38.0 Å². The summed E-state index contributed by atoms with van der Waals surface area (Å²) in [6.45, 7) is 7.23. The molecular formula is C19H37O8PS. The summed E-state index contributed by atoms with van der Waals surface area (Å²) in [5.41, 5.74) is -1.15. The van der Waals surface area contributed by atoms with Crippen molar-refractivity contribution in [2.24, 2.45) is 0 Å². The summed E-state index contributed by atoms with van der Waals surface area (Å²) in [5.74, 6) is 0.285. The van der Waals surface area contributed by atoms with Gasteiger partial charge in [-0.3, -0.25) is 4.52 Å². The third-order valence-electron chi connectivity index (χ3n) is 4.99. The van der Waals surface area contributed by atoms with Crippen LogP contribution in [0.1, 0.15) is 54.4 Å². The summed E-state index contributed by atoms with van der Waals surface area (Å²) in [4.78, 5) is 10.5. The molecular weight excluding hydrogens is 419 g/mol. The fraction of sp³-hybridized carbons (Fsp3) is 1.00. The van der Waals surface area contributed by atoms with Crippen molar-refractivity contribution in [3.8, 4) is 0 Å². The van der Waals surface area contributed by atoms with Crippen LogP contribution in [0.2, 0.25) is 0 Å². The van der Waals surface area contributed by atoms with E-state index in [4.69, 9.17) is 23.5 Å². The van der Waals surface area contributed by atoms with Gasteiger partial charge in [0, 0.05) is 18.6 Å². The van der Waals surface area contributed by atoms with Gasteiger partial charge >= 0.3 is 6.80 Å².